The monoisotopic (exact) mass is 276 g/mol. The minimum absolute atomic E-state index is 0.00380. The summed E-state index contributed by atoms with van der Waals surface area (Å²) in [7, 11) is 0. The number of amides is 2. The number of rotatable bonds is 4. The van der Waals surface area contributed by atoms with E-state index in [1.165, 1.54) is 6.92 Å². The van der Waals surface area contributed by atoms with Gasteiger partial charge < -0.3 is 15.8 Å². The van der Waals surface area contributed by atoms with E-state index >= 15 is 0 Å². The van der Waals surface area contributed by atoms with Crippen LogP contribution in [-0.4, -0.2) is 37.5 Å². The molecule has 3 N–H and O–H groups in total. The summed E-state index contributed by atoms with van der Waals surface area (Å²) in [4.78, 5) is 23.2. The predicted molar refractivity (Wildman–Crippen MR) is 62.3 cm³/mol. The fourth-order valence-corrected chi connectivity index (χ4v) is 2.52. The van der Waals surface area contributed by atoms with Gasteiger partial charge in [0, 0.05) is 25.7 Å². The molecule has 5 nitrogen and oxygen atoms in total. The van der Waals surface area contributed by atoms with E-state index in [4.69, 9.17) is 10.5 Å². The van der Waals surface area contributed by atoms with Crippen molar-refractivity contribution in [1.82, 2.24) is 5.32 Å². The van der Waals surface area contributed by atoms with E-state index in [1.807, 2.05) is 0 Å². The highest BCUT2D eigenvalue weighted by atomic mass is 19.3. The maximum absolute atomic E-state index is 13.1. The van der Waals surface area contributed by atoms with Crippen LogP contribution >= 0.6 is 0 Å². The molecule has 108 valence electrons. The molecule has 7 heteroatoms. The Morgan fingerprint density at radius 1 is 1.37 bits per heavy atom. The molecule has 19 heavy (non-hydrogen) atoms. The highest BCUT2D eigenvalue weighted by molar-refractivity contribution is 5.85. The van der Waals surface area contributed by atoms with Crippen LogP contribution in [0.2, 0.25) is 0 Å². The summed E-state index contributed by atoms with van der Waals surface area (Å²) in [5.41, 5.74) is 4.49. The number of carbonyl (C=O) groups excluding carboxylic acids is 2. The number of nitrogens with one attached hydrogen (secondary N) is 1. The van der Waals surface area contributed by atoms with Crippen LogP contribution in [0.15, 0.2) is 0 Å². The third kappa shape index (κ3) is 2.43. The molecule has 1 aliphatic heterocycles. The van der Waals surface area contributed by atoms with Crippen molar-refractivity contribution >= 4 is 11.8 Å². The quantitative estimate of drug-likeness (QED) is 0.774. The van der Waals surface area contributed by atoms with Crippen molar-refractivity contribution in [1.29, 1.82) is 0 Å². The molecule has 0 aromatic carbocycles. The minimum Gasteiger partial charge on any atom is -0.381 e. The fraction of sp³-hybridized carbons (Fsp3) is 0.833. The Morgan fingerprint density at radius 2 is 1.89 bits per heavy atom. The number of carbonyl (C=O) groups is 2. The second kappa shape index (κ2) is 4.70. The van der Waals surface area contributed by atoms with Crippen LogP contribution in [0.3, 0.4) is 0 Å². The summed E-state index contributed by atoms with van der Waals surface area (Å²) in [6.45, 7) is 2.11. The van der Waals surface area contributed by atoms with Gasteiger partial charge in [0.2, 0.25) is 11.8 Å². The molecule has 1 aliphatic carbocycles. The first-order valence-electron chi connectivity index (χ1n) is 6.34. The van der Waals surface area contributed by atoms with Crippen LogP contribution in [-0.2, 0) is 14.3 Å². The molecule has 2 atom stereocenters. The van der Waals surface area contributed by atoms with Gasteiger partial charge in [-0.05, 0) is 12.8 Å². The van der Waals surface area contributed by atoms with Crippen molar-refractivity contribution in [3.05, 3.63) is 0 Å². The van der Waals surface area contributed by atoms with Gasteiger partial charge in [0.25, 0.3) is 5.92 Å². The van der Waals surface area contributed by atoms with Crippen LogP contribution in [0.1, 0.15) is 19.8 Å². The summed E-state index contributed by atoms with van der Waals surface area (Å²) < 4.78 is 31.3. The third-order valence-electron chi connectivity index (χ3n) is 4.27. The molecule has 0 bridgehead atoms. The summed E-state index contributed by atoms with van der Waals surface area (Å²) in [6.07, 6.45) is 0.804. The van der Waals surface area contributed by atoms with Gasteiger partial charge in [-0.25, -0.2) is 8.78 Å². The van der Waals surface area contributed by atoms with Crippen molar-refractivity contribution in [3.63, 3.8) is 0 Å². The Kier molecular flexibility index (Phi) is 3.51. The Hall–Kier alpha value is -1.24. The SMILES string of the molecule is C[C@@H]1[C@@H](C(=O)NCC2(C(N)=O)CCOCC2)C1(F)F. The number of nitrogens with two attached hydrogens (primary N) is 1. The number of halogens is 2. The van der Waals surface area contributed by atoms with Crippen molar-refractivity contribution < 1.29 is 23.1 Å². The molecular formula is C12H18F2N2O3. The minimum atomic E-state index is -2.93. The van der Waals surface area contributed by atoms with Crippen LogP contribution in [0, 0.1) is 17.3 Å². The van der Waals surface area contributed by atoms with Crippen molar-refractivity contribution in [2.75, 3.05) is 19.8 Å². The summed E-state index contributed by atoms with van der Waals surface area (Å²) in [5.74, 6) is -6.38. The molecule has 1 heterocycles. The molecule has 0 spiro atoms. The van der Waals surface area contributed by atoms with Gasteiger partial charge in [0.15, 0.2) is 0 Å². The smallest absolute Gasteiger partial charge is 0.263 e. The molecular weight excluding hydrogens is 258 g/mol. The molecule has 0 aromatic heterocycles. The van der Waals surface area contributed by atoms with E-state index in [2.05, 4.69) is 5.32 Å². The zero-order valence-electron chi connectivity index (χ0n) is 10.7. The van der Waals surface area contributed by atoms with Crippen LogP contribution in [0.5, 0.6) is 0 Å². The van der Waals surface area contributed by atoms with E-state index in [1.54, 1.807) is 0 Å². The van der Waals surface area contributed by atoms with Gasteiger partial charge >= 0.3 is 0 Å². The summed E-state index contributed by atoms with van der Waals surface area (Å²) >= 11 is 0. The lowest BCUT2D eigenvalue weighted by Crippen LogP contribution is -2.50. The second-order valence-corrected chi connectivity index (χ2v) is 5.42. The molecule has 0 radical (unpaired) electrons. The van der Waals surface area contributed by atoms with Crippen molar-refractivity contribution in [2.24, 2.45) is 23.0 Å². The number of hydrogen-bond donors (Lipinski definition) is 2. The Bertz CT molecular complexity index is 394. The lowest BCUT2D eigenvalue weighted by atomic mass is 9.79. The maximum atomic E-state index is 13.1. The molecule has 1 saturated carbocycles. The average Bonchev–Trinajstić information content (AvgIpc) is 2.86. The van der Waals surface area contributed by atoms with Gasteiger partial charge in [0.05, 0.1) is 5.41 Å². The topological polar surface area (TPSA) is 81.4 Å². The highest BCUT2D eigenvalue weighted by Gasteiger charge is 2.69. The molecule has 1 saturated heterocycles. The molecule has 0 aromatic rings. The fourth-order valence-electron chi connectivity index (χ4n) is 2.52. The summed E-state index contributed by atoms with van der Waals surface area (Å²) in [6, 6.07) is 0. The Labute approximate surface area is 109 Å². The maximum Gasteiger partial charge on any atom is 0.263 e. The largest absolute Gasteiger partial charge is 0.381 e. The van der Waals surface area contributed by atoms with Crippen LogP contribution in [0.25, 0.3) is 0 Å². The number of alkyl halides is 2. The first-order valence-corrected chi connectivity index (χ1v) is 6.34. The molecule has 2 amide bonds. The zero-order valence-corrected chi connectivity index (χ0v) is 10.7. The van der Waals surface area contributed by atoms with E-state index in [9.17, 15) is 18.4 Å². The standard InChI is InChI=1S/C12H18F2N2O3/c1-7-8(12(7,13)14)9(17)16-6-11(10(15)18)2-4-19-5-3-11/h7-8H,2-6H2,1H3,(H2,15,18)(H,16,17)/t7-,8+/m1/s1. The van der Waals surface area contributed by atoms with Gasteiger partial charge in [-0.3, -0.25) is 9.59 Å². The van der Waals surface area contributed by atoms with E-state index < -0.39 is 35.0 Å². The first-order chi connectivity index (χ1) is 8.81. The van der Waals surface area contributed by atoms with Gasteiger partial charge in [0.1, 0.15) is 5.92 Å². The average molecular weight is 276 g/mol. The van der Waals surface area contributed by atoms with Gasteiger partial charge in [-0.1, -0.05) is 6.92 Å². The third-order valence-corrected chi connectivity index (χ3v) is 4.27. The van der Waals surface area contributed by atoms with Crippen LogP contribution < -0.4 is 11.1 Å². The van der Waals surface area contributed by atoms with Crippen molar-refractivity contribution in [2.45, 2.75) is 25.7 Å². The van der Waals surface area contributed by atoms with Crippen LogP contribution in [0.4, 0.5) is 8.78 Å². The normalized spacial score (nSPS) is 31.5. The number of primary amides is 1. The second-order valence-electron chi connectivity index (χ2n) is 5.42. The lowest BCUT2D eigenvalue weighted by Gasteiger charge is -2.34. The Morgan fingerprint density at radius 3 is 2.32 bits per heavy atom. The Balaban J connectivity index is 1.93. The highest BCUT2D eigenvalue weighted by Crippen LogP contribution is 2.54. The molecule has 2 rings (SSSR count). The molecule has 0 unspecified atom stereocenters. The zero-order chi connectivity index (χ0) is 14.3. The van der Waals surface area contributed by atoms with E-state index in [0.717, 1.165) is 0 Å². The van der Waals surface area contributed by atoms with Gasteiger partial charge in [-0.15, -0.1) is 0 Å². The number of ether oxygens (including phenoxy) is 1. The summed E-state index contributed by atoms with van der Waals surface area (Å²) in [5, 5.41) is 2.45. The predicted octanol–water partition coefficient (Wildman–Crippen LogP) is 0.286. The van der Waals surface area contributed by atoms with E-state index in [-0.39, 0.29) is 6.54 Å². The molecule has 2 fully saturated rings. The van der Waals surface area contributed by atoms with Gasteiger partial charge in [-0.2, -0.15) is 0 Å². The first kappa shape index (κ1) is 14.2. The number of hydrogen-bond acceptors (Lipinski definition) is 3. The van der Waals surface area contributed by atoms with Crippen molar-refractivity contribution in [3.8, 4) is 0 Å². The lowest BCUT2D eigenvalue weighted by molar-refractivity contribution is -0.134. The molecule has 2 aliphatic rings. The van der Waals surface area contributed by atoms with E-state index in [0.29, 0.717) is 26.1 Å².